The minimum Gasteiger partial charge on any atom is -0.356 e. The predicted molar refractivity (Wildman–Crippen MR) is 115 cm³/mol. The molecule has 1 aromatic carbocycles. The lowest BCUT2D eigenvalue weighted by atomic mass is 9.94. The molecule has 1 fully saturated rings. The summed E-state index contributed by atoms with van der Waals surface area (Å²) < 4.78 is 0.975. The van der Waals surface area contributed by atoms with Crippen LogP contribution in [0.3, 0.4) is 0 Å². The van der Waals surface area contributed by atoms with Crippen LogP contribution in [-0.2, 0) is 16.0 Å². The summed E-state index contributed by atoms with van der Waals surface area (Å²) in [6.07, 6.45) is 8.04. The summed E-state index contributed by atoms with van der Waals surface area (Å²) in [5.41, 5.74) is 1.80. The number of carbonyl (C=O) groups excluding carboxylic acids is 2. The molecule has 1 aliphatic rings. The molecule has 0 spiro atoms. The maximum absolute atomic E-state index is 12.3. The Hall–Kier alpha value is -1.99. The first-order chi connectivity index (χ1) is 13.5. The van der Waals surface area contributed by atoms with Crippen molar-refractivity contribution >= 4 is 38.5 Å². The van der Waals surface area contributed by atoms with Crippen LogP contribution in [0.15, 0.2) is 18.2 Å². The lowest BCUT2D eigenvalue weighted by Crippen LogP contribution is -2.36. The van der Waals surface area contributed by atoms with Crippen LogP contribution in [-0.4, -0.2) is 47.9 Å². The second-order valence-electron chi connectivity index (χ2n) is 7.66. The standard InChI is InChI=1S/C21H30N4O2S/c1-15(26)23-21-24-18-10-9-16(13-19(18)28-21)14-20(27)22-11-6-12-25(2)17-7-4-3-5-8-17/h9-10,13,17H,3-8,11-12,14H2,1-2H3,(H,22,27)(H,23,24,26). The number of hydrogen-bond donors (Lipinski definition) is 2. The molecule has 1 aliphatic carbocycles. The molecule has 7 heteroatoms. The second kappa shape index (κ2) is 9.98. The van der Waals surface area contributed by atoms with Crippen LogP contribution < -0.4 is 10.6 Å². The van der Waals surface area contributed by atoms with Crippen LogP contribution in [0.2, 0.25) is 0 Å². The monoisotopic (exact) mass is 402 g/mol. The molecule has 1 aromatic heterocycles. The van der Waals surface area contributed by atoms with Gasteiger partial charge in [0.05, 0.1) is 16.6 Å². The number of rotatable bonds is 8. The summed E-state index contributed by atoms with van der Waals surface area (Å²) in [4.78, 5) is 30.2. The number of aromatic nitrogens is 1. The number of nitrogens with zero attached hydrogens (tertiary/aromatic N) is 2. The van der Waals surface area contributed by atoms with E-state index in [0.717, 1.165) is 34.8 Å². The molecule has 152 valence electrons. The summed E-state index contributed by atoms with van der Waals surface area (Å²) in [6.45, 7) is 3.21. The summed E-state index contributed by atoms with van der Waals surface area (Å²) in [5.74, 6) is -0.0842. The van der Waals surface area contributed by atoms with Crippen molar-refractivity contribution in [1.29, 1.82) is 0 Å². The van der Waals surface area contributed by atoms with Crippen molar-refractivity contribution in [2.75, 3.05) is 25.5 Å². The van der Waals surface area contributed by atoms with Gasteiger partial charge in [-0.05, 0) is 50.6 Å². The molecule has 1 heterocycles. The number of anilines is 1. The fourth-order valence-electron chi connectivity index (χ4n) is 3.79. The van der Waals surface area contributed by atoms with Crippen molar-refractivity contribution in [2.45, 2.75) is 57.9 Å². The Morgan fingerprint density at radius 3 is 2.79 bits per heavy atom. The zero-order chi connectivity index (χ0) is 19.9. The molecule has 2 N–H and O–H groups in total. The van der Waals surface area contributed by atoms with Crippen molar-refractivity contribution in [3.05, 3.63) is 23.8 Å². The summed E-state index contributed by atoms with van der Waals surface area (Å²) in [6, 6.07) is 6.53. The van der Waals surface area contributed by atoms with Gasteiger partial charge in [-0.25, -0.2) is 4.98 Å². The van der Waals surface area contributed by atoms with Gasteiger partial charge in [0.25, 0.3) is 0 Å². The molecule has 3 rings (SSSR count). The van der Waals surface area contributed by atoms with Gasteiger partial charge in [0.2, 0.25) is 11.8 Å². The first-order valence-corrected chi connectivity index (χ1v) is 11.0. The molecule has 2 amide bonds. The molecule has 0 unspecified atom stereocenters. The summed E-state index contributed by atoms with van der Waals surface area (Å²) in [5, 5.41) is 6.33. The van der Waals surface area contributed by atoms with E-state index < -0.39 is 0 Å². The number of hydrogen-bond acceptors (Lipinski definition) is 5. The number of carbonyl (C=O) groups is 2. The van der Waals surface area contributed by atoms with E-state index in [-0.39, 0.29) is 11.8 Å². The highest BCUT2D eigenvalue weighted by molar-refractivity contribution is 7.22. The third-order valence-corrected chi connectivity index (χ3v) is 6.24. The van der Waals surface area contributed by atoms with Crippen LogP contribution in [0.4, 0.5) is 5.13 Å². The van der Waals surface area contributed by atoms with E-state index >= 15 is 0 Å². The fraction of sp³-hybridized carbons (Fsp3) is 0.571. The molecule has 28 heavy (non-hydrogen) atoms. The minimum atomic E-state index is -0.132. The van der Waals surface area contributed by atoms with Gasteiger partial charge in [-0.15, -0.1) is 0 Å². The van der Waals surface area contributed by atoms with E-state index in [4.69, 9.17) is 0 Å². The lowest BCUT2D eigenvalue weighted by Gasteiger charge is -2.31. The quantitative estimate of drug-likeness (QED) is 0.662. The van der Waals surface area contributed by atoms with Crippen LogP contribution in [0.5, 0.6) is 0 Å². The predicted octanol–water partition coefficient (Wildman–Crippen LogP) is 3.57. The minimum absolute atomic E-state index is 0.0475. The van der Waals surface area contributed by atoms with E-state index in [1.807, 2.05) is 18.2 Å². The fourth-order valence-corrected chi connectivity index (χ4v) is 4.77. The van der Waals surface area contributed by atoms with E-state index in [9.17, 15) is 9.59 Å². The Bertz CT molecular complexity index is 814. The summed E-state index contributed by atoms with van der Waals surface area (Å²) >= 11 is 1.42. The molecule has 0 bridgehead atoms. The largest absolute Gasteiger partial charge is 0.356 e. The van der Waals surface area contributed by atoms with Gasteiger partial charge in [-0.2, -0.15) is 0 Å². The van der Waals surface area contributed by atoms with Gasteiger partial charge in [0, 0.05) is 19.5 Å². The van der Waals surface area contributed by atoms with E-state index in [1.54, 1.807) is 0 Å². The molecule has 1 saturated carbocycles. The van der Waals surface area contributed by atoms with Crippen molar-refractivity contribution in [1.82, 2.24) is 15.2 Å². The van der Waals surface area contributed by atoms with Crippen LogP contribution in [0, 0.1) is 0 Å². The normalized spacial score (nSPS) is 15.1. The Labute approximate surface area is 170 Å². The SMILES string of the molecule is CC(=O)Nc1nc2ccc(CC(=O)NCCCN(C)C3CCCCC3)cc2s1. The smallest absolute Gasteiger partial charge is 0.224 e. The van der Waals surface area contributed by atoms with Crippen molar-refractivity contribution in [2.24, 2.45) is 0 Å². The number of thiazole rings is 1. The maximum atomic E-state index is 12.3. The summed E-state index contributed by atoms with van der Waals surface area (Å²) in [7, 11) is 2.21. The highest BCUT2D eigenvalue weighted by Crippen LogP contribution is 2.27. The first kappa shape index (κ1) is 20.7. The second-order valence-corrected chi connectivity index (χ2v) is 8.69. The average molecular weight is 403 g/mol. The highest BCUT2D eigenvalue weighted by atomic mass is 32.1. The van der Waals surface area contributed by atoms with Crippen LogP contribution >= 0.6 is 11.3 Å². The topological polar surface area (TPSA) is 74.3 Å². The lowest BCUT2D eigenvalue weighted by molar-refractivity contribution is -0.120. The van der Waals surface area contributed by atoms with Crippen LogP contribution in [0.1, 0.15) is 51.0 Å². The van der Waals surface area contributed by atoms with Gasteiger partial charge in [0.1, 0.15) is 0 Å². The van der Waals surface area contributed by atoms with Crippen molar-refractivity contribution < 1.29 is 9.59 Å². The zero-order valence-corrected chi connectivity index (χ0v) is 17.6. The van der Waals surface area contributed by atoms with E-state index in [2.05, 4.69) is 27.6 Å². The van der Waals surface area contributed by atoms with Gasteiger partial charge in [-0.1, -0.05) is 36.7 Å². The third-order valence-electron chi connectivity index (χ3n) is 5.31. The van der Waals surface area contributed by atoms with Gasteiger partial charge < -0.3 is 15.5 Å². The first-order valence-electron chi connectivity index (χ1n) is 10.2. The van der Waals surface area contributed by atoms with Crippen molar-refractivity contribution in [3.63, 3.8) is 0 Å². The number of benzene rings is 1. The van der Waals surface area contributed by atoms with E-state index in [0.29, 0.717) is 18.1 Å². The Kier molecular flexibility index (Phi) is 7.39. The Morgan fingerprint density at radius 1 is 1.25 bits per heavy atom. The molecular formula is C21H30N4O2S. The maximum Gasteiger partial charge on any atom is 0.224 e. The molecule has 0 saturated heterocycles. The number of nitrogens with one attached hydrogen (secondary N) is 2. The number of fused-ring (bicyclic) bond motifs is 1. The number of amides is 2. The van der Waals surface area contributed by atoms with Crippen molar-refractivity contribution in [3.8, 4) is 0 Å². The molecule has 0 radical (unpaired) electrons. The average Bonchev–Trinajstić information content (AvgIpc) is 3.06. The highest BCUT2D eigenvalue weighted by Gasteiger charge is 2.17. The van der Waals surface area contributed by atoms with Gasteiger partial charge in [-0.3, -0.25) is 9.59 Å². The van der Waals surface area contributed by atoms with Crippen LogP contribution in [0.25, 0.3) is 10.2 Å². The zero-order valence-electron chi connectivity index (χ0n) is 16.8. The van der Waals surface area contributed by atoms with Gasteiger partial charge in [0.15, 0.2) is 5.13 Å². The molecule has 0 aliphatic heterocycles. The van der Waals surface area contributed by atoms with Gasteiger partial charge >= 0.3 is 0 Å². The third kappa shape index (κ3) is 6.01. The molecule has 6 nitrogen and oxygen atoms in total. The Balaban J connectivity index is 1.42. The molecule has 2 aromatic rings. The van der Waals surface area contributed by atoms with E-state index in [1.165, 1.54) is 50.4 Å². The Morgan fingerprint density at radius 2 is 2.04 bits per heavy atom. The molecule has 0 atom stereocenters. The molecular weight excluding hydrogens is 372 g/mol.